The number of methoxy groups -OCH3 is 1. The third-order valence-electron chi connectivity index (χ3n) is 8.14. The molecular formula is C31H31ClF3N3O7S2. The summed E-state index contributed by atoms with van der Waals surface area (Å²) in [5.41, 5.74) is -1.58. The van der Waals surface area contributed by atoms with E-state index in [1.54, 1.807) is 31.4 Å². The molecule has 2 amide bonds. The van der Waals surface area contributed by atoms with E-state index in [2.05, 4.69) is 4.74 Å². The molecule has 2 aliphatic heterocycles. The number of carbonyl (C=O) groups is 2. The first-order valence-corrected chi connectivity index (χ1v) is 17.2. The molecule has 1 unspecified atom stereocenters. The number of benzene rings is 3. The topological polar surface area (TPSA) is 117 Å². The number of sulfonamides is 1. The number of likely N-dealkylation sites (N-methyl/N-ethyl adjacent to an activating group) is 1. The van der Waals surface area contributed by atoms with E-state index in [0.29, 0.717) is 9.87 Å². The second kappa shape index (κ2) is 12.5. The number of aliphatic hydroxyl groups is 1. The Morgan fingerprint density at radius 1 is 1.09 bits per heavy atom. The van der Waals surface area contributed by atoms with Gasteiger partial charge in [-0.2, -0.15) is 0 Å². The van der Waals surface area contributed by atoms with E-state index < -0.39 is 56.5 Å². The molecule has 2 aliphatic rings. The number of thioether (sulfide) groups is 1. The van der Waals surface area contributed by atoms with Crippen LogP contribution in [-0.4, -0.2) is 87.7 Å². The van der Waals surface area contributed by atoms with Crippen LogP contribution in [0.2, 0.25) is 5.02 Å². The molecule has 0 aromatic heterocycles. The largest absolute Gasteiger partial charge is 0.573 e. The number of halogens is 4. The number of β-amino-alcohol motifs (C(OH)–C–C–N with tert-alkyl or cyclic N) is 1. The number of nitrogens with zero attached hydrogens (tertiary/aromatic N) is 3. The Morgan fingerprint density at radius 2 is 1.79 bits per heavy atom. The van der Waals surface area contributed by atoms with Crippen LogP contribution < -0.4 is 13.8 Å². The molecule has 0 saturated carbocycles. The summed E-state index contributed by atoms with van der Waals surface area (Å²) < 4.78 is 80.2. The number of carbonyl (C=O) groups excluding carboxylic acids is 2. The van der Waals surface area contributed by atoms with Gasteiger partial charge < -0.3 is 19.5 Å². The Labute approximate surface area is 279 Å². The molecule has 3 atom stereocenters. The fourth-order valence-electron chi connectivity index (χ4n) is 6.23. The summed E-state index contributed by atoms with van der Waals surface area (Å²) in [5, 5.41) is 11.1. The summed E-state index contributed by atoms with van der Waals surface area (Å²) in [5.74, 6) is -2.50. The van der Waals surface area contributed by atoms with Gasteiger partial charge in [-0.1, -0.05) is 23.2 Å². The molecule has 252 valence electrons. The predicted octanol–water partition coefficient (Wildman–Crippen LogP) is 4.78. The van der Waals surface area contributed by atoms with Gasteiger partial charge in [-0.3, -0.25) is 14.5 Å². The molecule has 1 fully saturated rings. The number of hydrogen-bond acceptors (Lipinski definition) is 9. The first-order chi connectivity index (χ1) is 22.0. The maximum absolute atomic E-state index is 15.3. The summed E-state index contributed by atoms with van der Waals surface area (Å²) in [6, 6.07) is 10.9. The Bertz CT molecular complexity index is 1860. The molecule has 5 rings (SSSR count). The number of ether oxygens (including phenoxy) is 2. The van der Waals surface area contributed by atoms with Crippen molar-refractivity contribution in [2.45, 2.75) is 47.2 Å². The summed E-state index contributed by atoms with van der Waals surface area (Å²) in [6.07, 6.45) is -4.87. The number of alkyl halides is 3. The van der Waals surface area contributed by atoms with E-state index in [1.165, 1.54) is 55.3 Å². The smallest absolute Gasteiger partial charge is 0.496 e. The molecule has 10 nitrogen and oxygen atoms in total. The average Bonchev–Trinajstić information content (AvgIpc) is 3.50. The number of likely N-dealkylation sites (tertiary alicyclic amines) is 1. The monoisotopic (exact) mass is 713 g/mol. The van der Waals surface area contributed by atoms with Crippen LogP contribution in [0.5, 0.6) is 11.5 Å². The van der Waals surface area contributed by atoms with Gasteiger partial charge in [0.1, 0.15) is 10.6 Å². The van der Waals surface area contributed by atoms with E-state index in [-0.39, 0.29) is 45.4 Å². The van der Waals surface area contributed by atoms with Crippen LogP contribution in [0.1, 0.15) is 23.1 Å². The molecule has 0 spiro atoms. The fourth-order valence-corrected chi connectivity index (χ4v) is 8.39. The highest BCUT2D eigenvalue weighted by Crippen LogP contribution is 2.55. The van der Waals surface area contributed by atoms with E-state index in [9.17, 15) is 31.5 Å². The molecule has 3 aromatic carbocycles. The van der Waals surface area contributed by atoms with Gasteiger partial charge in [-0.15, -0.1) is 24.9 Å². The minimum Gasteiger partial charge on any atom is -0.496 e. The van der Waals surface area contributed by atoms with Crippen molar-refractivity contribution >= 4 is 50.9 Å². The maximum Gasteiger partial charge on any atom is 0.573 e. The minimum absolute atomic E-state index is 0.0205. The molecule has 0 aliphatic carbocycles. The van der Waals surface area contributed by atoms with Crippen LogP contribution >= 0.6 is 23.4 Å². The summed E-state index contributed by atoms with van der Waals surface area (Å²) in [6.45, 7) is 1.48. The number of hydrogen-bond donors (Lipinski definition) is 1. The predicted molar refractivity (Wildman–Crippen MR) is 169 cm³/mol. The van der Waals surface area contributed by atoms with E-state index in [1.807, 2.05) is 0 Å². The van der Waals surface area contributed by atoms with E-state index in [4.69, 9.17) is 16.3 Å². The van der Waals surface area contributed by atoms with Crippen LogP contribution in [0.15, 0.2) is 64.4 Å². The number of aryl methyl sites for hydroxylation is 1. The van der Waals surface area contributed by atoms with E-state index in [0.717, 1.165) is 23.9 Å². The van der Waals surface area contributed by atoms with Crippen molar-refractivity contribution in [2.24, 2.45) is 0 Å². The molecule has 3 aromatic rings. The quantitative estimate of drug-likeness (QED) is 0.330. The Balaban J connectivity index is 1.87. The molecule has 47 heavy (non-hydrogen) atoms. The number of rotatable bonds is 8. The zero-order valence-electron chi connectivity index (χ0n) is 25.8. The highest BCUT2D eigenvalue weighted by Gasteiger charge is 2.64. The van der Waals surface area contributed by atoms with Crippen molar-refractivity contribution in [1.82, 2.24) is 9.80 Å². The Morgan fingerprint density at radius 3 is 2.40 bits per heavy atom. The van der Waals surface area contributed by atoms with Crippen LogP contribution in [0.4, 0.5) is 18.9 Å². The van der Waals surface area contributed by atoms with Gasteiger partial charge >= 0.3 is 6.36 Å². The summed E-state index contributed by atoms with van der Waals surface area (Å²) >= 11 is 7.54. The lowest BCUT2D eigenvalue weighted by molar-refractivity contribution is -0.275. The Kier molecular flexibility index (Phi) is 9.27. The number of anilines is 1. The van der Waals surface area contributed by atoms with Gasteiger partial charge in [0, 0.05) is 41.7 Å². The van der Waals surface area contributed by atoms with Crippen molar-refractivity contribution in [1.29, 1.82) is 0 Å². The van der Waals surface area contributed by atoms with Crippen molar-refractivity contribution in [3.8, 4) is 11.5 Å². The third-order valence-corrected chi connectivity index (χ3v) is 10.8. The zero-order chi connectivity index (χ0) is 34.6. The maximum atomic E-state index is 15.3. The molecular weight excluding hydrogens is 683 g/mol. The summed E-state index contributed by atoms with van der Waals surface area (Å²) in [7, 11) is -0.809. The second-order valence-corrected chi connectivity index (χ2v) is 14.4. The Hall–Kier alpha value is -3.50. The van der Waals surface area contributed by atoms with Gasteiger partial charge in [-0.05, 0) is 68.1 Å². The fraction of sp³-hybridized carbons (Fsp3) is 0.355. The normalized spacial score (nSPS) is 21.6. The number of aliphatic hydroxyl groups excluding tert-OH is 1. The van der Waals surface area contributed by atoms with Crippen molar-refractivity contribution in [2.75, 3.05) is 38.3 Å². The molecule has 1 saturated heterocycles. The lowest BCUT2D eigenvalue weighted by atomic mass is 9.80. The van der Waals surface area contributed by atoms with E-state index >= 15 is 4.79 Å². The third kappa shape index (κ3) is 5.92. The van der Waals surface area contributed by atoms with Crippen LogP contribution in [-0.2, 0) is 25.2 Å². The van der Waals surface area contributed by atoms with Crippen LogP contribution in [0.25, 0.3) is 0 Å². The molecule has 0 bridgehead atoms. The molecule has 1 N–H and O–H groups in total. The SMILES string of the molecule is COc1ccc(C)cc1C1(N2C[C@H](O)C[C@H]2C(=O)N(C)C)C(=O)N(S(=O)(=O)c2ccc(SC)cc2OC(F)(F)F)c2ccc(Cl)cc21. The average molecular weight is 714 g/mol. The molecule has 0 radical (unpaired) electrons. The van der Waals surface area contributed by atoms with Crippen LogP contribution in [0.3, 0.4) is 0 Å². The number of amides is 2. The highest BCUT2D eigenvalue weighted by atomic mass is 35.5. The van der Waals surface area contributed by atoms with Gasteiger partial charge in [0.25, 0.3) is 15.9 Å². The van der Waals surface area contributed by atoms with Crippen molar-refractivity contribution in [3.63, 3.8) is 0 Å². The van der Waals surface area contributed by atoms with Gasteiger partial charge in [0.05, 0.1) is 24.9 Å². The first-order valence-electron chi connectivity index (χ1n) is 14.1. The number of fused-ring (bicyclic) bond motifs is 1. The van der Waals surface area contributed by atoms with Gasteiger partial charge in [0.2, 0.25) is 5.91 Å². The lowest BCUT2D eigenvalue weighted by Gasteiger charge is -2.42. The van der Waals surface area contributed by atoms with Crippen molar-refractivity contribution < 1.29 is 45.8 Å². The summed E-state index contributed by atoms with van der Waals surface area (Å²) in [4.78, 5) is 31.0. The van der Waals surface area contributed by atoms with Gasteiger partial charge in [-0.25, -0.2) is 12.7 Å². The van der Waals surface area contributed by atoms with Crippen molar-refractivity contribution in [3.05, 3.63) is 76.3 Å². The van der Waals surface area contributed by atoms with Gasteiger partial charge in [0.15, 0.2) is 11.3 Å². The molecule has 16 heteroatoms. The minimum atomic E-state index is -5.26. The van der Waals surface area contributed by atoms with Crippen LogP contribution in [0, 0.1) is 6.92 Å². The highest BCUT2D eigenvalue weighted by molar-refractivity contribution is 7.98. The molecule has 2 heterocycles. The standard InChI is InChI=1S/C31H31ClF3N3O7S2/c1-17-6-10-25(44-4)22(12-17)30(37-16-19(39)14-24(37)28(40)36(2)3)21-13-18(32)7-9-23(21)38(29(30)41)47(42,43)27-11-8-20(46-5)15-26(27)45-31(33,34)35/h6-13,15,19,24,39H,14,16H2,1-5H3/t19-,24+,30?/m1/s1. The first kappa shape index (κ1) is 34.8. The lowest BCUT2D eigenvalue weighted by Crippen LogP contribution is -2.59. The zero-order valence-corrected chi connectivity index (χ0v) is 28.2. The second-order valence-electron chi connectivity index (χ2n) is 11.3.